The number of nitrogens with two attached hydrogens (primary N) is 1. The molecular weight excluding hydrogens is 208 g/mol. The van der Waals surface area contributed by atoms with Crippen LogP contribution in [0.2, 0.25) is 5.02 Å². The van der Waals surface area contributed by atoms with E-state index in [-0.39, 0.29) is 5.56 Å². The van der Waals surface area contributed by atoms with E-state index in [1.54, 1.807) is 0 Å². The van der Waals surface area contributed by atoms with Gasteiger partial charge in [-0.2, -0.15) is 0 Å². The first-order chi connectivity index (χ1) is 6.54. The van der Waals surface area contributed by atoms with E-state index in [2.05, 4.69) is 5.43 Å². The van der Waals surface area contributed by atoms with Crippen molar-refractivity contribution in [3.05, 3.63) is 28.8 Å². The minimum atomic E-state index is -1.60. The van der Waals surface area contributed by atoms with Crippen LogP contribution in [0, 0.1) is 0 Å². The van der Waals surface area contributed by atoms with Gasteiger partial charge in [0, 0.05) is 5.02 Å². The van der Waals surface area contributed by atoms with Crippen molar-refractivity contribution in [1.29, 1.82) is 0 Å². The van der Waals surface area contributed by atoms with Crippen molar-refractivity contribution in [2.24, 2.45) is 5.84 Å². The molecule has 0 amide bonds. The van der Waals surface area contributed by atoms with Gasteiger partial charge in [0.15, 0.2) is 6.10 Å². The molecule has 0 radical (unpaired) electrons. The smallest absolute Gasteiger partial charge is 0.337 e. The average molecular weight is 217 g/mol. The normalized spacial score (nSPS) is 12.2. The Balaban J connectivity index is 3.08. The van der Waals surface area contributed by atoms with Crippen LogP contribution >= 0.6 is 11.6 Å². The second-order valence-electron chi connectivity index (χ2n) is 2.66. The number of aliphatic hydroxyl groups excluding tert-OH is 1. The molecule has 1 rings (SSSR count). The summed E-state index contributed by atoms with van der Waals surface area (Å²) in [6.07, 6.45) is -1.60. The van der Waals surface area contributed by atoms with Crippen molar-refractivity contribution < 1.29 is 15.0 Å². The fourth-order valence-electron chi connectivity index (χ4n) is 0.996. The quantitative estimate of drug-likeness (QED) is 0.442. The molecular formula is C8H9ClN2O3. The lowest BCUT2D eigenvalue weighted by atomic mass is 10.1. The lowest BCUT2D eigenvalue weighted by Crippen LogP contribution is -2.12. The second-order valence-corrected chi connectivity index (χ2v) is 3.09. The third kappa shape index (κ3) is 2.35. The summed E-state index contributed by atoms with van der Waals surface area (Å²) in [6, 6.07) is 4.28. The van der Waals surface area contributed by atoms with E-state index in [9.17, 15) is 9.90 Å². The van der Waals surface area contributed by atoms with Crippen molar-refractivity contribution in [3.63, 3.8) is 0 Å². The van der Waals surface area contributed by atoms with Gasteiger partial charge in [0.2, 0.25) is 0 Å². The van der Waals surface area contributed by atoms with Gasteiger partial charge in [0.05, 0.1) is 5.69 Å². The molecule has 6 heteroatoms. The van der Waals surface area contributed by atoms with E-state index >= 15 is 0 Å². The van der Waals surface area contributed by atoms with E-state index < -0.39 is 12.1 Å². The molecule has 0 saturated carbocycles. The molecule has 0 spiro atoms. The monoisotopic (exact) mass is 216 g/mol. The lowest BCUT2D eigenvalue weighted by Gasteiger charge is -2.08. The molecule has 0 saturated heterocycles. The first-order valence-corrected chi connectivity index (χ1v) is 4.10. The van der Waals surface area contributed by atoms with E-state index in [4.69, 9.17) is 22.6 Å². The highest BCUT2D eigenvalue weighted by molar-refractivity contribution is 6.31. The summed E-state index contributed by atoms with van der Waals surface area (Å²) < 4.78 is 0. The Morgan fingerprint density at radius 2 is 2.14 bits per heavy atom. The van der Waals surface area contributed by atoms with Gasteiger partial charge in [-0.05, 0) is 23.8 Å². The molecule has 0 aliphatic carbocycles. The topological polar surface area (TPSA) is 95.6 Å². The molecule has 1 aromatic rings. The fourth-order valence-corrected chi connectivity index (χ4v) is 1.24. The maximum Gasteiger partial charge on any atom is 0.337 e. The molecule has 0 bridgehead atoms. The lowest BCUT2D eigenvalue weighted by molar-refractivity contribution is -0.146. The highest BCUT2D eigenvalue weighted by atomic mass is 35.5. The molecule has 0 fully saturated rings. The van der Waals surface area contributed by atoms with Crippen LogP contribution in [-0.4, -0.2) is 16.2 Å². The van der Waals surface area contributed by atoms with Crippen molar-refractivity contribution >= 4 is 23.3 Å². The van der Waals surface area contributed by atoms with E-state index in [0.29, 0.717) is 10.7 Å². The summed E-state index contributed by atoms with van der Waals surface area (Å²) >= 11 is 5.68. The molecule has 1 aromatic carbocycles. The van der Waals surface area contributed by atoms with Gasteiger partial charge in [-0.15, -0.1) is 0 Å². The van der Waals surface area contributed by atoms with Gasteiger partial charge >= 0.3 is 5.97 Å². The molecule has 1 atom stereocenters. The van der Waals surface area contributed by atoms with Crippen LogP contribution in [0.25, 0.3) is 0 Å². The number of carbonyl (C=O) groups is 1. The Labute approximate surface area is 85.1 Å². The zero-order valence-corrected chi connectivity index (χ0v) is 7.82. The molecule has 0 aliphatic heterocycles. The number of halogens is 1. The molecule has 5 nitrogen and oxygen atoms in total. The summed E-state index contributed by atoms with van der Waals surface area (Å²) in [5.74, 6) is 3.79. The highest BCUT2D eigenvalue weighted by Crippen LogP contribution is 2.23. The second kappa shape index (κ2) is 4.28. The van der Waals surface area contributed by atoms with Crippen LogP contribution < -0.4 is 11.3 Å². The largest absolute Gasteiger partial charge is 0.479 e. The number of hydrazine groups is 1. The van der Waals surface area contributed by atoms with Gasteiger partial charge in [-0.3, -0.25) is 5.84 Å². The van der Waals surface area contributed by atoms with Crippen LogP contribution in [0.4, 0.5) is 5.69 Å². The molecule has 0 aliphatic rings. The SMILES string of the molecule is NNc1cc(Cl)cc(C(O)C(=O)O)c1. The van der Waals surface area contributed by atoms with Crippen molar-refractivity contribution in [2.45, 2.75) is 6.10 Å². The molecule has 0 heterocycles. The number of carboxylic acids is 1. The maximum absolute atomic E-state index is 10.5. The minimum Gasteiger partial charge on any atom is -0.479 e. The van der Waals surface area contributed by atoms with Crippen molar-refractivity contribution in [2.75, 3.05) is 5.43 Å². The summed E-state index contributed by atoms with van der Waals surface area (Å²) in [6.45, 7) is 0. The summed E-state index contributed by atoms with van der Waals surface area (Å²) in [4.78, 5) is 10.5. The Morgan fingerprint density at radius 1 is 1.50 bits per heavy atom. The number of rotatable bonds is 3. The molecule has 14 heavy (non-hydrogen) atoms. The van der Waals surface area contributed by atoms with Crippen molar-refractivity contribution in [3.8, 4) is 0 Å². The first kappa shape index (κ1) is 10.8. The van der Waals surface area contributed by atoms with E-state index in [1.807, 2.05) is 0 Å². The van der Waals surface area contributed by atoms with Crippen LogP contribution in [0.3, 0.4) is 0 Å². The number of nitrogens with one attached hydrogen (secondary N) is 1. The zero-order valence-electron chi connectivity index (χ0n) is 7.07. The molecule has 5 N–H and O–H groups in total. The third-order valence-corrected chi connectivity index (χ3v) is 1.85. The molecule has 0 aromatic heterocycles. The number of carboxylic acid groups (broad SMARTS) is 1. The number of hydrogen-bond donors (Lipinski definition) is 4. The van der Waals surface area contributed by atoms with Crippen LogP contribution in [0.1, 0.15) is 11.7 Å². The predicted octanol–water partition coefficient (Wildman–Crippen LogP) is 0.744. The Hall–Kier alpha value is -1.30. The van der Waals surface area contributed by atoms with Crippen LogP contribution in [0.5, 0.6) is 0 Å². The third-order valence-electron chi connectivity index (χ3n) is 1.64. The Morgan fingerprint density at radius 3 is 2.64 bits per heavy atom. The molecule has 1 unspecified atom stereocenters. The number of aliphatic hydroxyl groups is 1. The Kier molecular flexibility index (Phi) is 3.29. The van der Waals surface area contributed by atoms with Gasteiger partial charge in [-0.1, -0.05) is 11.6 Å². The fraction of sp³-hybridized carbons (Fsp3) is 0.125. The van der Waals surface area contributed by atoms with Crippen LogP contribution in [0.15, 0.2) is 18.2 Å². The number of nitrogen functional groups attached to an aromatic ring is 1. The summed E-state index contributed by atoms with van der Waals surface area (Å²) in [5.41, 5.74) is 2.93. The van der Waals surface area contributed by atoms with Gasteiger partial charge in [-0.25, -0.2) is 4.79 Å². The van der Waals surface area contributed by atoms with Crippen LogP contribution in [-0.2, 0) is 4.79 Å². The summed E-state index contributed by atoms with van der Waals surface area (Å²) in [7, 11) is 0. The first-order valence-electron chi connectivity index (χ1n) is 3.72. The van der Waals surface area contributed by atoms with E-state index in [0.717, 1.165) is 0 Å². The zero-order chi connectivity index (χ0) is 10.7. The molecule has 76 valence electrons. The number of benzene rings is 1. The standard InChI is InChI=1S/C8H9ClN2O3/c9-5-1-4(7(12)8(13)14)2-6(3-5)11-10/h1-3,7,11-12H,10H2,(H,13,14). The number of hydrogen-bond acceptors (Lipinski definition) is 4. The average Bonchev–Trinajstić information content (AvgIpc) is 2.15. The number of anilines is 1. The maximum atomic E-state index is 10.5. The number of aliphatic carboxylic acids is 1. The minimum absolute atomic E-state index is 0.179. The predicted molar refractivity (Wildman–Crippen MR) is 51.9 cm³/mol. The highest BCUT2D eigenvalue weighted by Gasteiger charge is 2.16. The summed E-state index contributed by atoms with van der Waals surface area (Å²) in [5, 5.41) is 18.1. The van der Waals surface area contributed by atoms with Crippen molar-refractivity contribution in [1.82, 2.24) is 0 Å². The van der Waals surface area contributed by atoms with E-state index in [1.165, 1.54) is 18.2 Å². The van der Waals surface area contributed by atoms with Gasteiger partial charge in [0.1, 0.15) is 0 Å². The Bertz CT molecular complexity index is 356. The van der Waals surface area contributed by atoms with Gasteiger partial charge in [0.25, 0.3) is 0 Å². The van der Waals surface area contributed by atoms with Gasteiger partial charge < -0.3 is 15.6 Å².